The molecule has 0 aliphatic heterocycles. The van der Waals surface area contributed by atoms with Gasteiger partial charge >= 0.3 is 6.03 Å². The minimum atomic E-state index is -0.512. The zero-order valence-electron chi connectivity index (χ0n) is 17.0. The number of rotatable bonds is 8. The van der Waals surface area contributed by atoms with E-state index in [0.29, 0.717) is 17.1 Å². The van der Waals surface area contributed by atoms with Gasteiger partial charge in [-0.3, -0.25) is 9.59 Å². The van der Waals surface area contributed by atoms with E-state index < -0.39 is 5.25 Å². The molecule has 0 aliphatic rings. The Balaban J connectivity index is 1.87. The third-order valence-electron chi connectivity index (χ3n) is 3.81. The van der Waals surface area contributed by atoms with E-state index in [1.165, 1.54) is 24.3 Å². The maximum absolute atomic E-state index is 12.9. The molecule has 2 aromatic rings. The first kappa shape index (κ1) is 23.2. The number of nitrogens with one attached hydrogen (secondary N) is 4. The van der Waals surface area contributed by atoms with Gasteiger partial charge in [-0.15, -0.1) is 11.8 Å². The van der Waals surface area contributed by atoms with Crippen molar-refractivity contribution in [2.45, 2.75) is 32.1 Å². The molecule has 2 rings (SSSR count). The summed E-state index contributed by atoms with van der Waals surface area (Å²) in [6.07, 6.45) is 0. The van der Waals surface area contributed by atoms with Gasteiger partial charge in [0, 0.05) is 11.7 Å². The lowest BCUT2D eigenvalue weighted by atomic mass is 10.2. The van der Waals surface area contributed by atoms with Gasteiger partial charge in [0.15, 0.2) is 0 Å². The predicted octanol–water partition coefficient (Wildman–Crippen LogP) is 4.05. The highest BCUT2D eigenvalue weighted by atomic mass is 32.2. The summed E-state index contributed by atoms with van der Waals surface area (Å²) in [5, 5.41) is 10.3. The van der Waals surface area contributed by atoms with Crippen molar-refractivity contribution in [3.8, 4) is 0 Å². The molecule has 0 saturated heterocycles. The fraction of sp³-hybridized carbons (Fsp3) is 0.286. The molecule has 7 nitrogen and oxygen atoms in total. The van der Waals surface area contributed by atoms with Crippen molar-refractivity contribution in [2.75, 3.05) is 21.7 Å². The molecule has 0 radical (unpaired) electrons. The molecule has 4 amide bonds. The average molecular weight is 433 g/mol. The van der Waals surface area contributed by atoms with Crippen molar-refractivity contribution in [3.05, 3.63) is 54.3 Å². The van der Waals surface area contributed by atoms with E-state index in [-0.39, 0.29) is 35.5 Å². The second-order valence-corrected chi connectivity index (χ2v) is 8.13. The number of amides is 4. The summed E-state index contributed by atoms with van der Waals surface area (Å²) in [4.78, 5) is 36.5. The first-order valence-electron chi connectivity index (χ1n) is 9.39. The summed E-state index contributed by atoms with van der Waals surface area (Å²) < 4.78 is 12.9. The summed E-state index contributed by atoms with van der Waals surface area (Å²) in [5.74, 6) is -0.918. The van der Waals surface area contributed by atoms with Gasteiger partial charge in [-0.1, -0.05) is 12.1 Å². The van der Waals surface area contributed by atoms with Crippen LogP contribution in [0.15, 0.2) is 48.5 Å². The molecule has 0 aromatic heterocycles. The number of thioether (sulfide) groups is 1. The quantitative estimate of drug-likeness (QED) is 0.506. The standard InChI is InChI=1S/C21H25FN4O3S/c1-13(2)23-21(29)26-18-7-5-4-6-17(18)25-20(28)14(3)30-12-19(27)24-16-10-8-15(22)9-11-16/h4-11,13-14H,12H2,1-3H3,(H,24,27)(H,25,28)(H2,23,26,29). The molecule has 0 aliphatic carbocycles. The second-order valence-electron chi connectivity index (χ2n) is 6.80. The van der Waals surface area contributed by atoms with Crippen LogP contribution in [0.25, 0.3) is 0 Å². The number of halogens is 1. The molecular weight excluding hydrogens is 407 g/mol. The van der Waals surface area contributed by atoms with Crippen molar-refractivity contribution in [2.24, 2.45) is 0 Å². The maximum Gasteiger partial charge on any atom is 0.319 e. The molecule has 9 heteroatoms. The number of hydrogen-bond donors (Lipinski definition) is 4. The largest absolute Gasteiger partial charge is 0.336 e. The number of carbonyl (C=O) groups is 3. The number of benzene rings is 2. The molecule has 0 heterocycles. The number of carbonyl (C=O) groups excluding carboxylic acids is 3. The Morgan fingerprint density at radius 2 is 1.50 bits per heavy atom. The molecule has 2 aromatic carbocycles. The first-order chi connectivity index (χ1) is 14.2. The molecule has 0 spiro atoms. The van der Waals surface area contributed by atoms with Crippen LogP contribution in [0, 0.1) is 5.82 Å². The Kier molecular flexibility index (Phi) is 8.67. The summed E-state index contributed by atoms with van der Waals surface area (Å²) in [5.41, 5.74) is 1.42. The fourth-order valence-corrected chi connectivity index (χ4v) is 3.05. The van der Waals surface area contributed by atoms with E-state index in [1.807, 2.05) is 13.8 Å². The van der Waals surface area contributed by atoms with E-state index >= 15 is 0 Å². The normalized spacial score (nSPS) is 11.5. The van der Waals surface area contributed by atoms with Crippen LogP contribution in [0.2, 0.25) is 0 Å². The molecule has 30 heavy (non-hydrogen) atoms. The minimum absolute atomic E-state index is 0.0239. The summed E-state index contributed by atoms with van der Waals surface area (Å²) in [6, 6.07) is 11.9. The molecular formula is C21H25FN4O3S. The van der Waals surface area contributed by atoms with Crippen LogP contribution in [0.5, 0.6) is 0 Å². The lowest BCUT2D eigenvalue weighted by Crippen LogP contribution is -2.34. The van der Waals surface area contributed by atoms with Crippen LogP contribution in [-0.2, 0) is 9.59 Å². The van der Waals surface area contributed by atoms with Crippen LogP contribution in [0.1, 0.15) is 20.8 Å². The minimum Gasteiger partial charge on any atom is -0.336 e. The predicted molar refractivity (Wildman–Crippen MR) is 119 cm³/mol. The van der Waals surface area contributed by atoms with Crippen LogP contribution >= 0.6 is 11.8 Å². The lowest BCUT2D eigenvalue weighted by molar-refractivity contribution is -0.115. The van der Waals surface area contributed by atoms with Crippen LogP contribution < -0.4 is 21.3 Å². The first-order valence-corrected chi connectivity index (χ1v) is 10.4. The van der Waals surface area contributed by atoms with Gasteiger partial charge < -0.3 is 21.3 Å². The van der Waals surface area contributed by atoms with Gasteiger partial charge in [-0.25, -0.2) is 9.18 Å². The third-order valence-corrected chi connectivity index (χ3v) is 4.96. The Morgan fingerprint density at radius 3 is 2.10 bits per heavy atom. The highest BCUT2D eigenvalue weighted by molar-refractivity contribution is 8.01. The van der Waals surface area contributed by atoms with Crippen LogP contribution in [0.4, 0.5) is 26.2 Å². The fourth-order valence-electron chi connectivity index (χ4n) is 2.36. The lowest BCUT2D eigenvalue weighted by Gasteiger charge is -2.16. The Hall–Kier alpha value is -3.07. The zero-order valence-corrected chi connectivity index (χ0v) is 17.8. The molecule has 1 unspecified atom stereocenters. The van der Waals surface area contributed by atoms with Crippen molar-refractivity contribution in [3.63, 3.8) is 0 Å². The summed E-state index contributed by atoms with van der Waals surface area (Å²) >= 11 is 1.16. The van der Waals surface area contributed by atoms with Crippen molar-refractivity contribution < 1.29 is 18.8 Å². The SMILES string of the molecule is CC(C)NC(=O)Nc1ccccc1NC(=O)C(C)SCC(=O)Nc1ccc(F)cc1. The van der Waals surface area contributed by atoms with Crippen molar-refractivity contribution in [1.29, 1.82) is 0 Å². The third kappa shape index (κ3) is 7.75. The molecule has 0 fully saturated rings. The summed E-state index contributed by atoms with van der Waals surface area (Å²) in [6.45, 7) is 5.38. The van der Waals surface area contributed by atoms with Crippen LogP contribution in [0.3, 0.4) is 0 Å². The number of hydrogen-bond acceptors (Lipinski definition) is 4. The zero-order chi connectivity index (χ0) is 22.1. The smallest absolute Gasteiger partial charge is 0.319 e. The summed E-state index contributed by atoms with van der Waals surface area (Å²) in [7, 11) is 0. The average Bonchev–Trinajstić information content (AvgIpc) is 2.68. The van der Waals surface area contributed by atoms with E-state index in [2.05, 4.69) is 21.3 Å². The number of urea groups is 1. The van der Waals surface area contributed by atoms with E-state index in [9.17, 15) is 18.8 Å². The Morgan fingerprint density at radius 1 is 0.900 bits per heavy atom. The van der Waals surface area contributed by atoms with E-state index in [4.69, 9.17) is 0 Å². The molecule has 0 saturated carbocycles. The Bertz CT molecular complexity index is 890. The van der Waals surface area contributed by atoms with Crippen LogP contribution in [-0.4, -0.2) is 34.9 Å². The van der Waals surface area contributed by atoms with Gasteiger partial charge in [0.05, 0.1) is 22.4 Å². The van der Waals surface area contributed by atoms with Gasteiger partial charge in [0.2, 0.25) is 11.8 Å². The van der Waals surface area contributed by atoms with E-state index in [1.54, 1.807) is 31.2 Å². The molecule has 0 bridgehead atoms. The Labute approximate surface area is 179 Å². The highest BCUT2D eigenvalue weighted by Gasteiger charge is 2.17. The van der Waals surface area contributed by atoms with Crippen molar-refractivity contribution in [1.82, 2.24) is 5.32 Å². The number of anilines is 3. The highest BCUT2D eigenvalue weighted by Crippen LogP contribution is 2.23. The number of para-hydroxylation sites is 2. The van der Waals surface area contributed by atoms with E-state index in [0.717, 1.165) is 11.8 Å². The monoisotopic (exact) mass is 432 g/mol. The molecule has 1 atom stereocenters. The topological polar surface area (TPSA) is 99.3 Å². The van der Waals surface area contributed by atoms with Gasteiger partial charge in [-0.05, 0) is 57.2 Å². The molecule has 160 valence electrons. The second kappa shape index (κ2) is 11.2. The van der Waals surface area contributed by atoms with Gasteiger partial charge in [-0.2, -0.15) is 0 Å². The van der Waals surface area contributed by atoms with Crippen molar-refractivity contribution >= 4 is 46.7 Å². The van der Waals surface area contributed by atoms with Gasteiger partial charge in [0.25, 0.3) is 0 Å². The molecule has 4 N–H and O–H groups in total. The van der Waals surface area contributed by atoms with Gasteiger partial charge in [0.1, 0.15) is 5.82 Å². The maximum atomic E-state index is 12.9.